The molecule has 0 unspecified atom stereocenters. The number of hydrogen-bond donors (Lipinski definition) is 1. The molecule has 0 spiro atoms. The van der Waals surface area contributed by atoms with Gasteiger partial charge in [-0.3, -0.25) is 10.1 Å². The lowest BCUT2D eigenvalue weighted by molar-refractivity contribution is -0.385. The highest BCUT2D eigenvalue weighted by molar-refractivity contribution is 5.50. The van der Waals surface area contributed by atoms with E-state index >= 15 is 0 Å². The van der Waals surface area contributed by atoms with E-state index in [0.717, 1.165) is 12.5 Å². The van der Waals surface area contributed by atoms with Crippen LogP contribution in [0.2, 0.25) is 0 Å². The molecule has 0 amide bonds. The molecule has 0 radical (unpaired) electrons. The highest BCUT2D eigenvalue weighted by Gasteiger charge is 2.15. The molecule has 0 aliphatic heterocycles. The van der Waals surface area contributed by atoms with Gasteiger partial charge in [0.15, 0.2) is 5.75 Å². The van der Waals surface area contributed by atoms with Gasteiger partial charge in [0.2, 0.25) is 0 Å². The van der Waals surface area contributed by atoms with Crippen LogP contribution in [0.25, 0.3) is 0 Å². The van der Waals surface area contributed by atoms with Gasteiger partial charge in [0.25, 0.3) is 0 Å². The number of aromatic hydroxyl groups is 1. The van der Waals surface area contributed by atoms with Crippen molar-refractivity contribution in [1.82, 2.24) is 0 Å². The summed E-state index contributed by atoms with van der Waals surface area (Å²) in [4.78, 5) is 9.97. The molecular weight excluding hydrogens is 186 g/mol. The molecule has 76 valence electrons. The summed E-state index contributed by atoms with van der Waals surface area (Å²) in [5, 5.41) is 19.6. The number of hydrogen-bond acceptors (Lipinski definition) is 4. The number of nitro benzene ring substituents is 1. The van der Waals surface area contributed by atoms with Gasteiger partial charge >= 0.3 is 5.69 Å². The molecule has 5 heteroatoms. The Morgan fingerprint density at radius 3 is 2.86 bits per heavy atom. The Kier molecular flexibility index (Phi) is 3.28. The summed E-state index contributed by atoms with van der Waals surface area (Å²) in [6.07, 6.45) is 0.776. The van der Waals surface area contributed by atoms with E-state index in [-0.39, 0.29) is 17.2 Å². The maximum atomic E-state index is 10.6. The summed E-state index contributed by atoms with van der Waals surface area (Å²) in [6, 6.07) is 3.83. The highest BCUT2D eigenvalue weighted by atomic mass is 16.6. The average molecular weight is 197 g/mol. The summed E-state index contributed by atoms with van der Waals surface area (Å²) in [7, 11) is 0. The van der Waals surface area contributed by atoms with Crippen LogP contribution in [0.1, 0.15) is 13.3 Å². The Balaban J connectivity index is 2.96. The maximum absolute atomic E-state index is 10.6. The minimum Gasteiger partial charge on any atom is -0.508 e. The molecule has 0 atom stereocenters. The minimum absolute atomic E-state index is 0.138. The largest absolute Gasteiger partial charge is 0.508 e. The third-order valence-corrected chi connectivity index (χ3v) is 1.60. The van der Waals surface area contributed by atoms with Crippen LogP contribution < -0.4 is 4.74 Å². The molecule has 5 nitrogen and oxygen atoms in total. The second kappa shape index (κ2) is 4.45. The minimum atomic E-state index is -0.579. The van der Waals surface area contributed by atoms with Crippen molar-refractivity contribution in [2.75, 3.05) is 6.61 Å². The molecule has 1 rings (SSSR count). The van der Waals surface area contributed by atoms with E-state index < -0.39 is 4.92 Å². The second-order valence-corrected chi connectivity index (χ2v) is 2.76. The zero-order valence-electron chi connectivity index (χ0n) is 7.77. The Morgan fingerprint density at radius 1 is 1.57 bits per heavy atom. The first-order chi connectivity index (χ1) is 6.65. The van der Waals surface area contributed by atoms with Crippen LogP contribution >= 0.6 is 0 Å². The van der Waals surface area contributed by atoms with E-state index in [1.165, 1.54) is 12.1 Å². The number of rotatable bonds is 4. The molecule has 0 aromatic heterocycles. The van der Waals surface area contributed by atoms with Crippen molar-refractivity contribution in [3.05, 3.63) is 28.3 Å². The van der Waals surface area contributed by atoms with Crippen LogP contribution in [-0.2, 0) is 0 Å². The number of nitrogens with zero attached hydrogens (tertiary/aromatic N) is 1. The summed E-state index contributed by atoms with van der Waals surface area (Å²) < 4.78 is 5.15. The molecule has 1 N–H and O–H groups in total. The van der Waals surface area contributed by atoms with Gasteiger partial charge in [-0.1, -0.05) is 6.92 Å². The van der Waals surface area contributed by atoms with Gasteiger partial charge < -0.3 is 9.84 Å². The van der Waals surface area contributed by atoms with Gasteiger partial charge in [0, 0.05) is 0 Å². The first-order valence-electron chi connectivity index (χ1n) is 4.25. The predicted molar refractivity (Wildman–Crippen MR) is 50.5 cm³/mol. The molecular formula is C9H11NO4. The van der Waals surface area contributed by atoms with E-state index in [9.17, 15) is 10.1 Å². The standard InChI is InChI=1S/C9H11NO4/c1-2-5-14-9-4-3-7(11)6-8(9)10(12)13/h3-4,6,11H,2,5H2,1H3. The fourth-order valence-electron chi connectivity index (χ4n) is 0.983. The zero-order chi connectivity index (χ0) is 10.6. The summed E-state index contributed by atoms with van der Waals surface area (Å²) in [5.41, 5.74) is -0.210. The van der Waals surface area contributed by atoms with Gasteiger partial charge in [-0.15, -0.1) is 0 Å². The van der Waals surface area contributed by atoms with Crippen molar-refractivity contribution in [1.29, 1.82) is 0 Å². The van der Waals surface area contributed by atoms with Crippen molar-refractivity contribution < 1.29 is 14.8 Å². The molecule has 0 fully saturated rings. The lowest BCUT2D eigenvalue weighted by Crippen LogP contribution is -1.98. The smallest absolute Gasteiger partial charge is 0.314 e. The number of nitro groups is 1. The molecule has 0 bridgehead atoms. The van der Waals surface area contributed by atoms with E-state index in [1.54, 1.807) is 0 Å². The number of phenolic OH excluding ortho intramolecular Hbond substituents is 1. The molecule has 1 aromatic rings. The van der Waals surface area contributed by atoms with E-state index in [1.807, 2.05) is 6.92 Å². The van der Waals surface area contributed by atoms with E-state index in [4.69, 9.17) is 9.84 Å². The third-order valence-electron chi connectivity index (χ3n) is 1.60. The molecule has 0 saturated carbocycles. The summed E-state index contributed by atoms with van der Waals surface area (Å²) >= 11 is 0. The fraction of sp³-hybridized carbons (Fsp3) is 0.333. The van der Waals surface area contributed by atoms with E-state index in [2.05, 4.69) is 0 Å². The first-order valence-corrected chi connectivity index (χ1v) is 4.25. The van der Waals surface area contributed by atoms with Crippen molar-refractivity contribution in [2.45, 2.75) is 13.3 Å². The van der Waals surface area contributed by atoms with Crippen molar-refractivity contribution in [2.24, 2.45) is 0 Å². The monoisotopic (exact) mass is 197 g/mol. The normalized spacial score (nSPS) is 9.79. The first kappa shape index (κ1) is 10.3. The highest BCUT2D eigenvalue weighted by Crippen LogP contribution is 2.30. The van der Waals surface area contributed by atoms with Crippen LogP contribution in [0, 0.1) is 10.1 Å². The van der Waals surface area contributed by atoms with Gasteiger partial charge in [-0.05, 0) is 18.6 Å². The lowest BCUT2D eigenvalue weighted by atomic mass is 10.3. The SMILES string of the molecule is CCCOc1ccc(O)cc1[N+](=O)[O-]. The Bertz CT molecular complexity index is 338. The van der Waals surface area contributed by atoms with Crippen molar-refractivity contribution in [3.8, 4) is 11.5 Å². The number of ether oxygens (including phenoxy) is 1. The molecule has 14 heavy (non-hydrogen) atoms. The van der Waals surface area contributed by atoms with Crippen LogP contribution in [0.4, 0.5) is 5.69 Å². The van der Waals surface area contributed by atoms with Gasteiger partial charge in [0.05, 0.1) is 17.6 Å². The quantitative estimate of drug-likeness (QED) is 0.592. The topological polar surface area (TPSA) is 72.6 Å². The fourth-order valence-corrected chi connectivity index (χ4v) is 0.983. The Hall–Kier alpha value is -1.78. The lowest BCUT2D eigenvalue weighted by Gasteiger charge is -2.04. The Labute approximate surface area is 81.1 Å². The van der Waals surface area contributed by atoms with Crippen LogP contribution in [-0.4, -0.2) is 16.6 Å². The molecule has 0 aliphatic carbocycles. The van der Waals surface area contributed by atoms with Crippen molar-refractivity contribution >= 4 is 5.69 Å². The van der Waals surface area contributed by atoms with Gasteiger partial charge in [-0.2, -0.15) is 0 Å². The molecule has 1 aromatic carbocycles. The molecule has 0 heterocycles. The van der Waals surface area contributed by atoms with Gasteiger partial charge in [-0.25, -0.2) is 0 Å². The third kappa shape index (κ3) is 2.35. The second-order valence-electron chi connectivity index (χ2n) is 2.76. The Morgan fingerprint density at radius 2 is 2.29 bits per heavy atom. The molecule has 0 saturated heterocycles. The number of phenols is 1. The van der Waals surface area contributed by atoms with Crippen LogP contribution in [0.3, 0.4) is 0 Å². The predicted octanol–water partition coefficient (Wildman–Crippen LogP) is 2.09. The number of benzene rings is 1. The van der Waals surface area contributed by atoms with Crippen LogP contribution in [0.15, 0.2) is 18.2 Å². The molecule has 0 aliphatic rings. The average Bonchev–Trinajstić information content (AvgIpc) is 2.15. The van der Waals surface area contributed by atoms with Gasteiger partial charge in [0.1, 0.15) is 5.75 Å². The zero-order valence-corrected chi connectivity index (χ0v) is 7.77. The summed E-state index contributed by atoms with van der Waals surface area (Å²) in [5.74, 6) is 0.0511. The van der Waals surface area contributed by atoms with Crippen LogP contribution in [0.5, 0.6) is 11.5 Å². The summed E-state index contributed by atoms with van der Waals surface area (Å²) in [6.45, 7) is 2.33. The van der Waals surface area contributed by atoms with Crippen molar-refractivity contribution in [3.63, 3.8) is 0 Å². The van der Waals surface area contributed by atoms with E-state index in [0.29, 0.717) is 6.61 Å². The maximum Gasteiger partial charge on any atom is 0.314 e.